The maximum atomic E-state index is 4.49. The Balaban J connectivity index is 1.81. The van der Waals surface area contributed by atoms with Crippen molar-refractivity contribution in [3.05, 3.63) is 72.3 Å². The fourth-order valence-electron chi connectivity index (χ4n) is 1.73. The Morgan fingerprint density at radius 2 is 1.79 bits per heavy atom. The molecule has 0 N–H and O–H groups in total. The largest absolute Gasteiger partial charge is 0.240 e. The third-order valence-electron chi connectivity index (χ3n) is 2.68. The Kier molecular flexibility index (Phi) is 3.14. The molecule has 0 atom stereocenters. The van der Waals surface area contributed by atoms with Crippen molar-refractivity contribution in [2.24, 2.45) is 0 Å². The second-order valence-corrected chi connectivity index (χ2v) is 4.03. The highest BCUT2D eigenvalue weighted by molar-refractivity contribution is 5.67. The smallest absolute Gasteiger partial charge is 0.0855 e. The Bertz CT molecular complexity index is 672. The van der Waals surface area contributed by atoms with Crippen molar-refractivity contribution in [3.63, 3.8) is 0 Å². The van der Waals surface area contributed by atoms with Crippen LogP contribution in [0.15, 0.2) is 61.1 Å². The van der Waals surface area contributed by atoms with Crippen LogP contribution < -0.4 is 0 Å². The van der Waals surface area contributed by atoms with Crippen LogP contribution in [0.25, 0.3) is 17.8 Å². The molecule has 4 nitrogen and oxygen atoms in total. The van der Waals surface area contributed by atoms with Crippen molar-refractivity contribution < 1.29 is 0 Å². The first-order chi connectivity index (χ1) is 9.42. The van der Waals surface area contributed by atoms with Crippen molar-refractivity contribution in [1.82, 2.24) is 20.0 Å². The molecule has 0 aliphatic carbocycles. The molecule has 0 spiro atoms. The van der Waals surface area contributed by atoms with E-state index in [1.54, 1.807) is 12.4 Å². The minimum absolute atomic E-state index is 0.903. The number of hydrogen-bond donors (Lipinski definition) is 0. The van der Waals surface area contributed by atoms with E-state index in [0.717, 1.165) is 16.9 Å². The van der Waals surface area contributed by atoms with Crippen molar-refractivity contribution >= 4 is 12.2 Å². The van der Waals surface area contributed by atoms with E-state index in [1.165, 1.54) is 0 Å². The zero-order valence-electron chi connectivity index (χ0n) is 10.2. The van der Waals surface area contributed by atoms with Gasteiger partial charge in [-0.2, -0.15) is 15.3 Å². The third kappa shape index (κ3) is 2.74. The highest BCUT2D eigenvalue weighted by Crippen LogP contribution is 2.09. The molecule has 0 saturated heterocycles. The minimum Gasteiger partial charge on any atom is -0.240 e. The monoisotopic (exact) mass is 248 g/mol. The van der Waals surface area contributed by atoms with E-state index in [1.807, 2.05) is 65.5 Å². The van der Waals surface area contributed by atoms with Gasteiger partial charge in [-0.1, -0.05) is 24.3 Å². The molecule has 2 heterocycles. The summed E-state index contributed by atoms with van der Waals surface area (Å²) >= 11 is 0. The molecule has 0 bridgehead atoms. The third-order valence-corrected chi connectivity index (χ3v) is 2.68. The van der Waals surface area contributed by atoms with Gasteiger partial charge in [-0.3, -0.25) is 0 Å². The number of rotatable bonds is 3. The van der Waals surface area contributed by atoms with Gasteiger partial charge in [0, 0.05) is 6.20 Å². The van der Waals surface area contributed by atoms with Crippen LogP contribution in [0.2, 0.25) is 0 Å². The van der Waals surface area contributed by atoms with E-state index in [4.69, 9.17) is 0 Å². The van der Waals surface area contributed by atoms with E-state index in [0.29, 0.717) is 0 Å². The van der Waals surface area contributed by atoms with Gasteiger partial charge in [0.15, 0.2) is 0 Å². The Hall–Kier alpha value is -2.75. The summed E-state index contributed by atoms with van der Waals surface area (Å²) in [6.45, 7) is 0. The predicted molar refractivity (Wildman–Crippen MR) is 74.5 cm³/mol. The molecule has 0 radical (unpaired) electrons. The molecule has 0 fully saturated rings. The van der Waals surface area contributed by atoms with Gasteiger partial charge in [0.2, 0.25) is 0 Å². The van der Waals surface area contributed by atoms with Gasteiger partial charge >= 0.3 is 0 Å². The lowest BCUT2D eigenvalue weighted by Crippen LogP contribution is -1.93. The molecule has 1 aromatic carbocycles. The Morgan fingerprint density at radius 3 is 2.58 bits per heavy atom. The average molecular weight is 248 g/mol. The van der Waals surface area contributed by atoms with Gasteiger partial charge in [0.05, 0.1) is 23.8 Å². The summed E-state index contributed by atoms with van der Waals surface area (Å²) in [5.41, 5.74) is 2.96. The lowest BCUT2D eigenvalue weighted by Gasteiger charge is -1.98. The second kappa shape index (κ2) is 5.27. The highest BCUT2D eigenvalue weighted by atomic mass is 15.3. The summed E-state index contributed by atoms with van der Waals surface area (Å²) in [4.78, 5) is 0. The molecule has 0 amide bonds. The Labute approximate surface area is 111 Å². The van der Waals surface area contributed by atoms with E-state index in [9.17, 15) is 0 Å². The fourth-order valence-corrected chi connectivity index (χ4v) is 1.73. The van der Waals surface area contributed by atoms with E-state index >= 15 is 0 Å². The first-order valence-electron chi connectivity index (χ1n) is 5.98. The average Bonchev–Trinajstić information content (AvgIpc) is 2.96. The summed E-state index contributed by atoms with van der Waals surface area (Å²) < 4.78 is 1.85. The number of nitrogens with zero attached hydrogens (tertiary/aromatic N) is 4. The number of para-hydroxylation sites is 1. The zero-order chi connectivity index (χ0) is 12.9. The van der Waals surface area contributed by atoms with E-state index in [2.05, 4.69) is 15.3 Å². The van der Waals surface area contributed by atoms with Crippen molar-refractivity contribution in [2.75, 3.05) is 0 Å². The van der Waals surface area contributed by atoms with Gasteiger partial charge in [-0.25, -0.2) is 4.68 Å². The number of hydrogen-bond acceptors (Lipinski definition) is 3. The molecule has 19 heavy (non-hydrogen) atoms. The summed E-state index contributed by atoms with van der Waals surface area (Å²) in [5, 5.41) is 12.1. The standard InChI is InChI=1S/C15H12N4/c1-2-4-15(5-3-1)19-11-9-14(18-19)7-6-13-8-10-16-17-12-13/h1-12H/b7-6+. The van der Waals surface area contributed by atoms with Gasteiger partial charge in [0.25, 0.3) is 0 Å². The molecule has 2 aromatic heterocycles. The first-order valence-corrected chi connectivity index (χ1v) is 5.98. The quantitative estimate of drug-likeness (QED) is 0.715. The Morgan fingerprint density at radius 1 is 0.895 bits per heavy atom. The summed E-state index contributed by atoms with van der Waals surface area (Å²) in [6.07, 6.45) is 9.25. The lowest BCUT2D eigenvalue weighted by molar-refractivity contribution is 0.876. The lowest BCUT2D eigenvalue weighted by atomic mass is 10.2. The van der Waals surface area contributed by atoms with Crippen LogP contribution in [0.4, 0.5) is 0 Å². The molecule has 0 aliphatic rings. The summed E-state index contributed by atoms with van der Waals surface area (Å²) in [5.74, 6) is 0. The summed E-state index contributed by atoms with van der Waals surface area (Å²) in [6, 6.07) is 13.9. The predicted octanol–water partition coefficient (Wildman–Crippen LogP) is 2.83. The van der Waals surface area contributed by atoms with Gasteiger partial charge in [-0.05, 0) is 35.9 Å². The maximum Gasteiger partial charge on any atom is 0.0855 e. The summed E-state index contributed by atoms with van der Waals surface area (Å²) in [7, 11) is 0. The zero-order valence-corrected chi connectivity index (χ0v) is 10.2. The van der Waals surface area contributed by atoms with E-state index in [-0.39, 0.29) is 0 Å². The second-order valence-electron chi connectivity index (χ2n) is 4.03. The number of benzene rings is 1. The van der Waals surface area contributed by atoms with Crippen LogP contribution in [0, 0.1) is 0 Å². The van der Waals surface area contributed by atoms with Crippen molar-refractivity contribution in [3.8, 4) is 5.69 Å². The fraction of sp³-hybridized carbons (Fsp3) is 0. The van der Waals surface area contributed by atoms with Crippen LogP contribution in [0.1, 0.15) is 11.3 Å². The minimum atomic E-state index is 0.903. The molecular formula is C15H12N4. The molecule has 0 unspecified atom stereocenters. The van der Waals surface area contributed by atoms with Crippen LogP contribution in [-0.4, -0.2) is 20.0 Å². The molecule has 3 rings (SSSR count). The van der Waals surface area contributed by atoms with Crippen LogP contribution in [0.3, 0.4) is 0 Å². The maximum absolute atomic E-state index is 4.49. The molecular weight excluding hydrogens is 236 g/mol. The van der Waals surface area contributed by atoms with Gasteiger partial charge < -0.3 is 0 Å². The van der Waals surface area contributed by atoms with E-state index < -0.39 is 0 Å². The molecule has 3 aromatic rings. The van der Waals surface area contributed by atoms with Crippen molar-refractivity contribution in [1.29, 1.82) is 0 Å². The van der Waals surface area contributed by atoms with Crippen molar-refractivity contribution in [2.45, 2.75) is 0 Å². The van der Waals surface area contributed by atoms with Crippen LogP contribution in [0.5, 0.6) is 0 Å². The van der Waals surface area contributed by atoms with Crippen LogP contribution >= 0.6 is 0 Å². The van der Waals surface area contributed by atoms with Gasteiger partial charge in [0.1, 0.15) is 0 Å². The molecule has 4 heteroatoms. The SMILES string of the molecule is C(=C\c1ccn(-c2ccccc2)n1)/c1ccnnc1. The van der Waals surface area contributed by atoms with Gasteiger partial charge in [-0.15, -0.1) is 0 Å². The molecule has 0 saturated carbocycles. The first kappa shape index (κ1) is 11.3. The topological polar surface area (TPSA) is 43.6 Å². The molecule has 0 aliphatic heterocycles. The van der Waals surface area contributed by atoms with Crippen LogP contribution in [-0.2, 0) is 0 Å². The number of aromatic nitrogens is 4. The normalized spacial score (nSPS) is 10.9. The molecule has 92 valence electrons. The highest BCUT2D eigenvalue weighted by Gasteiger charge is 1.97.